The van der Waals surface area contributed by atoms with Gasteiger partial charge in [-0.2, -0.15) is 10.2 Å². The number of benzene rings is 1. The Morgan fingerprint density at radius 1 is 1.42 bits per heavy atom. The highest BCUT2D eigenvalue weighted by atomic mass is 35.5. The number of rotatable bonds is 6. The summed E-state index contributed by atoms with van der Waals surface area (Å²) in [6, 6.07) is 3.41. The van der Waals surface area contributed by atoms with Gasteiger partial charge >= 0.3 is 0 Å². The van der Waals surface area contributed by atoms with Gasteiger partial charge < -0.3 is 9.47 Å². The van der Waals surface area contributed by atoms with E-state index in [1.54, 1.807) is 12.1 Å². The smallest absolute Gasteiger partial charge is 0.287 e. The van der Waals surface area contributed by atoms with Crippen LogP contribution in [0.15, 0.2) is 28.2 Å². The monoisotopic (exact) mass is 370 g/mol. The zero-order valence-electron chi connectivity index (χ0n) is 13.3. The molecule has 1 N–H and O–H groups in total. The molecule has 1 aromatic heterocycles. The molecule has 0 spiro atoms. The van der Waals surface area contributed by atoms with E-state index in [9.17, 15) is 4.79 Å². The molecule has 0 amide bonds. The molecule has 1 aromatic carbocycles. The van der Waals surface area contributed by atoms with Gasteiger partial charge in [0.15, 0.2) is 11.5 Å². The lowest BCUT2D eigenvalue weighted by Crippen LogP contribution is -2.20. The molecule has 1 heterocycles. The first kappa shape index (κ1) is 18.1. The molecule has 0 aliphatic rings. The molecule has 0 fully saturated rings. The van der Waals surface area contributed by atoms with Gasteiger partial charge in [-0.25, -0.2) is 4.68 Å². The largest absolute Gasteiger partial charge is 0.493 e. The average molecular weight is 371 g/mol. The Labute approximate surface area is 148 Å². The van der Waals surface area contributed by atoms with Crippen LogP contribution in [0.25, 0.3) is 0 Å². The SMILES string of the molecule is CCOc1c(Cl)cc(/C=N\Nc2cnn(C)c(=O)c2Cl)cc1OC. The molecule has 128 valence electrons. The highest BCUT2D eigenvalue weighted by molar-refractivity contribution is 6.33. The van der Waals surface area contributed by atoms with Crippen LogP contribution in [-0.2, 0) is 7.05 Å². The van der Waals surface area contributed by atoms with Crippen LogP contribution in [-0.4, -0.2) is 29.7 Å². The molecule has 24 heavy (non-hydrogen) atoms. The molecule has 9 heteroatoms. The number of anilines is 1. The molecule has 0 saturated heterocycles. The minimum absolute atomic E-state index is 0.00644. The Morgan fingerprint density at radius 2 is 2.17 bits per heavy atom. The van der Waals surface area contributed by atoms with Crippen LogP contribution in [0.3, 0.4) is 0 Å². The van der Waals surface area contributed by atoms with E-state index in [1.807, 2.05) is 6.92 Å². The highest BCUT2D eigenvalue weighted by Crippen LogP contribution is 2.36. The Kier molecular flexibility index (Phi) is 6.05. The van der Waals surface area contributed by atoms with Crippen LogP contribution in [0.1, 0.15) is 12.5 Å². The average Bonchev–Trinajstić information content (AvgIpc) is 2.57. The maximum Gasteiger partial charge on any atom is 0.287 e. The van der Waals surface area contributed by atoms with Crippen molar-refractivity contribution >= 4 is 35.1 Å². The summed E-state index contributed by atoms with van der Waals surface area (Å²) < 4.78 is 11.8. The van der Waals surface area contributed by atoms with E-state index in [4.69, 9.17) is 32.7 Å². The fourth-order valence-electron chi connectivity index (χ4n) is 1.86. The van der Waals surface area contributed by atoms with Crippen LogP contribution >= 0.6 is 23.2 Å². The topological polar surface area (TPSA) is 77.7 Å². The molecule has 0 aliphatic heterocycles. The molecular weight excluding hydrogens is 355 g/mol. The molecule has 0 radical (unpaired) electrons. The molecule has 2 rings (SSSR count). The van der Waals surface area contributed by atoms with E-state index in [0.717, 1.165) is 4.68 Å². The molecule has 0 unspecified atom stereocenters. The van der Waals surface area contributed by atoms with Gasteiger partial charge in [-0.3, -0.25) is 10.2 Å². The third kappa shape index (κ3) is 3.98. The molecule has 2 aromatic rings. The number of halogens is 2. The maximum absolute atomic E-state index is 11.7. The minimum atomic E-state index is -0.414. The minimum Gasteiger partial charge on any atom is -0.493 e. The predicted octanol–water partition coefficient (Wildman–Crippen LogP) is 2.94. The lowest BCUT2D eigenvalue weighted by atomic mass is 10.2. The van der Waals surface area contributed by atoms with Gasteiger partial charge in [-0.15, -0.1) is 0 Å². The van der Waals surface area contributed by atoms with E-state index in [0.29, 0.717) is 34.4 Å². The first-order valence-corrected chi connectivity index (χ1v) is 7.74. The van der Waals surface area contributed by atoms with Crippen molar-refractivity contribution in [2.24, 2.45) is 12.1 Å². The van der Waals surface area contributed by atoms with Crippen LogP contribution in [0, 0.1) is 0 Å². The van der Waals surface area contributed by atoms with Crippen molar-refractivity contribution in [3.05, 3.63) is 44.3 Å². The van der Waals surface area contributed by atoms with Gasteiger partial charge in [0.25, 0.3) is 5.56 Å². The van der Waals surface area contributed by atoms with Crippen molar-refractivity contribution in [2.75, 3.05) is 19.1 Å². The Bertz CT molecular complexity index is 821. The van der Waals surface area contributed by atoms with Crippen LogP contribution in [0.2, 0.25) is 10.0 Å². The maximum atomic E-state index is 11.7. The fourth-order valence-corrected chi connectivity index (χ4v) is 2.35. The summed E-state index contributed by atoms with van der Waals surface area (Å²) in [4.78, 5) is 11.7. The van der Waals surface area contributed by atoms with Crippen molar-refractivity contribution < 1.29 is 9.47 Å². The lowest BCUT2D eigenvalue weighted by Gasteiger charge is -2.11. The van der Waals surface area contributed by atoms with Crippen molar-refractivity contribution in [3.63, 3.8) is 0 Å². The van der Waals surface area contributed by atoms with E-state index in [2.05, 4.69) is 15.6 Å². The summed E-state index contributed by atoms with van der Waals surface area (Å²) in [5.41, 5.74) is 3.25. The second-order valence-electron chi connectivity index (χ2n) is 4.64. The number of hydrogen-bond donors (Lipinski definition) is 1. The summed E-state index contributed by atoms with van der Waals surface area (Å²) in [6.07, 6.45) is 2.92. The molecule has 7 nitrogen and oxygen atoms in total. The third-order valence-corrected chi connectivity index (χ3v) is 3.66. The first-order valence-electron chi connectivity index (χ1n) is 6.99. The standard InChI is InChI=1S/C15H16Cl2N4O3/c1-4-24-14-10(16)5-9(6-12(14)23-3)7-18-20-11-8-19-21(2)15(22)13(11)17/h5-8,20H,4H2,1-3H3/b18-7-. The van der Waals surface area contributed by atoms with Gasteiger partial charge in [-0.1, -0.05) is 23.2 Å². The Morgan fingerprint density at radius 3 is 2.83 bits per heavy atom. The summed E-state index contributed by atoms with van der Waals surface area (Å²) in [6.45, 7) is 2.33. The Hall–Kier alpha value is -2.25. The van der Waals surface area contributed by atoms with Gasteiger partial charge in [-0.05, 0) is 24.6 Å². The molecular formula is C15H16Cl2N4O3. The van der Waals surface area contributed by atoms with Crippen LogP contribution < -0.4 is 20.5 Å². The molecule has 0 saturated carbocycles. The zero-order chi connectivity index (χ0) is 17.7. The fraction of sp³-hybridized carbons (Fsp3) is 0.267. The number of nitrogens with zero attached hydrogens (tertiary/aromatic N) is 3. The zero-order valence-corrected chi connectivity index (χ0v) is 14.9. The summed E-state index contributed by atoms with van der Waals surface area (Å²) in [5, 5.41) is 8.31. The number of aryl methyl sites for hydroxylation is 1. The van der Waals surface area contributed by atoms with E-state index in [-0.39, 0.29) is 5.02 Å². The van der Waals surface area contributed by atoms with E-state index < -0.39 is 5.56 Å². The number of ether oxygens (including phenoxy) is 2. The highest BCUT2D eigenvalue weighted by Gasteiger charge is 2.11. The quantitative estimate of drug-likeness (QED) is 0.624. The number of aromatic nitrogens is 2. The van der Waals surface area contributed by atoms with Gasteiger partial charge in [0, 0.05) is 7.05 Å². The predicted molar refractivity (Wildman–Crippen MR) is 94.9 cm³/mol. The van der Waals surface area contributed by atoms with E-state index in [1.165, 1.54) is 26.6 Å². The van der Waals surface area contributed by atoms with Crippen molar-refractivity contribution in [1.29, 1.82) is 0 Å². The summed E-state index contributed by atoms with van der Waals surface area (Å²) in [7, 11) is 3.04. The normalized spacial score (nSPS) is 10.9. The molecule has 0 bridgehead atoms. The van der Waals surface area contributed by atoms with Gasteiger partial charge in [0.05, 0.1) is 31.2 Å². The molecule has 0 aliphatic carbocycles. The third-order valence-electron chi connectivity index (χ3n) is 3.02. The number of hydrogen-bond acceptors (Lipinski definition) is 6. The number of hydrazone groups is 1. The van der Waals surface area contributed by atoms with Crippen molar-refractivity contribution in [1.82, 2.24) is 9.78 Å². The number of methoxy groups -OCH3 is 1. The first-order chi connectivity index (χ1) is 11.5. The van der Waals surface area contributed by atoms with Crippen LogP contribution in [0.5, 0.6) is 11.5 Å². The molecule has 0 atom stereocenters. The van der Waals surface area contributed by atoms with Gasteiger partial charge in [0.1, 0.15) is 10.7 Å². The second kappa shape index (κ2) is 8.03. The summed E-state index contributed by atoms with van der Waals surface area (Å²) in [5.74, 6) is 0.977. The van der Waals surface area contributed by atoms with Crippen LogP contribution in [0.4, 0.5) is 5.69 Å². The van der Waals surface area contributed by atoms with E-state index >= 15 is 0 Å². The van der Waals surface area contributed by atoms with Crippen molar-refractivity contribution in [2.45, 2.75) is 6.92 Å². The number of nitrogens with one attached hydrogen (secondary N) is 1. The van der Waals surface area contributed by atoms with Gasteiger partial charge in [0.2, 0.25) is 0 Å². The lowest BCUT2D eigenvalue weighted by molar-refractivity contribution is 0.311. The summed E-state index contributed by atoms with van der Waals surface area (Å²) >= 11 is 12.1. The van der Waals surface area contributed by atoms with Crippen molar-refractivity contribution in [3.8, 4) is 11.5 Å². The Balaban J connectivity index is 2.22. The second-order valence-corrected chi connectivity index (χ2v) is 5.42.